The van der Waals surface area contributed by atoms with Gasteiger partial charge in [-0.2, -0.15) is 5.10 Å². The Morgan fingerprint density at radius 2 is 2.55 bits per heavy atom. The Bertz CT molecular complexity index is 260. The molecule has 2 N–H and O–H groups in total. The van der Waals surface area contributed by atoms with Crippen molar-refractivity contribution < 1.29 is 0 Å². The Morgan fingerprint density at radius 1 is 1.82 bits per heavy atom. The summed E-state index contributed by atoms with van der Waals surface area (Å²) in [4.78, 5) is 0. The van der Waals surface area contributed by atoms with Crippen LogP contribution in [0.4, 0.5) is 0 Å². The van der Waals surface area contributed by atoms with E-state index >= 15 is 0 Å². The highest BCUT2D eigenvalue weighted by Crippen LogP contribution is 2.02. The Morgan fingerprint density at radius 3 is 3.00 bits per heavy atom. The Kier molecular flexibility index (Phi) is 2.44. The number of hydrogen-bond donors (Lipinski definition) is 1. The van der Waals surface area contributed by atoms with Gasteiger partial charge in [0.2, 0.25) is 0 Å². The van der Waals surface area contributed by atoms with Gasteiger partial charge in [-0.25, -0.2) is 0 Å². The predicted molar refractivity (Wildman–Crippen MR) is 45.9 cm³/mol. The SMILES string of the molecule is CC(=Cc1ccnn1C)CN. The average Bonchev–Trinajstić information content (AvgIpc) is 2.37. The van der Waals surface area contributed by atoms with Crippen molar-refractivity contribution in [2.24, 2.45) is 12.8 Å². The molecule has 0 saturated carbocycles. The van der Waals surface area contributed by atoms with Crippen molar-refractivity contribution >= 4 is 6.08 Å². The van der Waals surface area contributed by atoms with Gasteiger partial charge in [-0.05, 0) is 19.1 Å². The van der Waals surface area contributed by atoms with Gasteiger partial charge in [0.25, 0.3) is 0 Å². The van der Waals surface area contributed by atoms with Crippen LogP contribution >= 0.6 is 0 Å². The summed E-state index contributed by atoms with van der Waals surface area (Å²) < 4.78 is 1.82. The summed E-state index contributed by atoms with van der Waals surface area (Å²) >= 11 is 0. The maximum absolute atomic E-state index is 5.44. The molecule has 1 aromatic heterocycles. The molecule has 0 saturated heterocycles. The van der Waals surface area contributed by atoms with Crippen molar-refractivity contribution in [2.75, 3.05) is 6.54 Å². The van der Waals surface area contributed by atoms with E-state index in [1.54, 1.807) is 6.20 Å². The van der Waals surface area contributed by atoms with Gasteiger partial charge < -0.3 is 5.73 Å². The number of aromatic nitrogens is 2. The fourth-order valence-corrected chi connectivity index (χ4v) is 0.837. The number of nitrogens with zero attached hydrogens (tertiary/aromatic N) is 2. The lowest BCUT2D eigenvalue weighted by atomic mass is 10.2. The topological polar surface area (TPSA) is 43.8 Å². The molecule has 0 aliphatic rings. The molecule has 0 amide bonds. The molecule has 0 fully saturated rings. The third-order valence-corrected chi connectivity index (χ3v) is 1.58. The molecule has 0 aliphatic heterocycles. The molecule has 3 heteroatoms. The minimum Gasteiger partial charge on any atom is -0.327 e. The van der Waals surface area contributed by atoms with Gasteiger partial charge in [-0.15, -0.1) is 0 Å². The number of hydrogen-bond acceptors (Lipinski definition) is 2. The second-order valence-electron chi connectivity index (χ2n) is 2.57. The summed E-state index contributed by atoms with van der Waals surface area (Å²) in [5.74, 6) is 0. The van der Waals surface area contributed by atoms with Crippen molar-refractivity contribution in [3.8, 4) is 0 Å². The van der Waals surface area contributed by atoms with Crippen LogP contribution in [0.15, 0.2) is 17.8 Å². The van der Waals surface area contributed by atoms with Crippen LogP contribution in [-0.2, 0) is 7.05 Å². The van der Waals surface area contributed by atoms with Gasteiger partial charge in [-0.1, -0.05) is 5.57 Å². The van der Waals surface area contributed by atoms with Crippen molar-refractivity contribution in [1.82, 2.24) is 9.78 Å². The first kappa shape index (κ1) is 8.01. The van der Waals surface area contributed by atoms with E-state index in [4.69, 9.17) is 5.73 Å². The van der Waals surface area contributed by atoms with E-state index in [1.165, 1.54) is 0 Å². The fourth-order valence-electron chi connectivity index (χ4n) is 0.837. The molecular formula is C8H13N3. The van der Waals surface area contributed by atoms with Crippen LogP contribution in [0, 0.1) is 0 Å². The highest BCUT2D eigenvalue weighted by molar-refractivity contribution is 5.48. The number of nitrogens with two attached hydrogens (primary N) is 1. The lowest BCUT2D eigenvalue weighted by molar-refractivity contribution is 0.759. The van der Waals surface area contributed by atoms with E-state index in [-0.39, 0.29) is 0 Å². The van der Waals surface area contributed by atoms with Crippen molar-refractivity contribution in [2.45, 2.75) is 6.92 Å². The highest BCUT2D eigenvalue weighted by atomic mass is 15.2. The van der Waals surface area contributed by atoms with E-state index in [0.717, 1.165) is 11.3 Å². The first-order valence-corrected chi connectivity index (χ1v) is 3.59. The molecule has 0 unspecified atom stereocenters. The molecule has 0 aliphatic carbocycles. The van der Waals surface area contributed by atoms with E-state index in [9.17, 15) is 0 Å². The normalized spacial score (nSPS) is 12.1. The summed E-state index contributed by atoms with van der Waals surface area (Å²) in [5.41, 5.74) is 7.69. The molecule has 60 valence electrons. The van der Waals surface area contributed by atoms with Gasteiger partial charge >= 0.3 is 0 Å². The van der Waals surface area contributed by atoms with Crippen LogP contribution in [0.3, 0.4) is 0 Å². The molecule has 1 aromatic rings. The fraction of sp³-hybridized carbons (Fsp3) is 0.375. The van der Waals surface area contributed by atoms with Gasteiger partial charge in [0.1, 0.15) is 0 Å². The van der Waals surface area contributed by atoms with Gasteiger partial charge in [0, 0.05) is 19.8 Å². The maximum Gasteiger partial charge on any atom is 0.0606 e. The van der Waals surface area contributed by atoms with Crippen LogP contribution in [-0.4, -0.2) is 16.3 Å². The molecule has 0 spiro atoms. The Labute approximate surface area is 66.5 Å². The molecule has 1 heterocycles. The molecule has 0 atom stereocenters. The molecule has 0 aromatic carbocycles. The first-order chi connectivity index (χ1) is 5.24. The zero-order chi connectivity index (χ0) is 8.27. The average molecular weight is 151 g/mol. The van der Waals surface area contributed by atoms with E-state index in [0.29, 0.717) is 6.54 Å². The number of rotatable bonds is 2. The van der Waals surface area contributed by atoms with E-state index < -0.39 is 0 Å². The van der Waals surface area contributed by atoms with Crippen molar-refractivity contribution in [1.29, 1.82) is 0 Å². The quantitative estimate of drug-likeness (QED) is 0.679. The van der Waals surface area contributed by atoms with Crippen LogP contribution in [0.25, 0.3) is 6.08 Å². The summed E-state index contributed by atoms with van der Waals surface area (Å²) in [7, 11) is 1.91. The molecular weight excluding hydrogens is 138 g/mol. The minimum absolute atomic E-state index is 0.602. The molecule has 11 heavy (non-hydrogen) atoms. The summed E-state index contributed by atoms with van der Waals surface area (Å²) in [6.45, 7) is 2.61. The highest BCUT2D eigenvalue weighted by Gasteiger charge is 1.92. The van der Waals surface area contributed by atoms with E-state index in [1.807, 2.05) is 30.8 Å². The Balaban J connectivity index is 2.86. The lowest BCUT2D eigenvalue weighted by Crippen LogP contribution is -2.00. The van der Waals surface area contributed by atoms with Crippen molar-refractivity contribution in [3.63, 3.8) is 0 Å². The van der Waals surface area contributed by atoms with Crippen LogP contribution in [0.1, 0.15) is 12.6 Å². The maximum atomic E-state index is 5.44. The smallest absolute Gasteiger partial charge is 0.0606 e. The second-order valence-corrected chi connectivity index (χ2v) is 2.57. The minimum atomic E-state index is 0.602. The van der Waals surface area contributed by atoms with Gasteiger partial charge in [0.05, 0.1) is 5.69 Å². The zero-order valence-corrected chi connectivity index (χ0v) is 6.91. The molecule has 3 nitrogen and oxygen atoms in total. The number of aryl methyl sites for hydroxylation is 1. The standard InChI is InChI=1S/C8H13N3/c1-7(6-9)5-8-3-4-10-11(8)2/h3-5H,6,9H2,1-2H3. The van der Waals surface area contributed by atoms with Crippen LogP contribution in [0.2, 0.25) is 0 Å². The molecule has 0 radical (unpaired) electrons. The zero-order valence-electron chi connectivity index (χ0n) is 6.91. The molecule has 1 rings (SSSR count). The largest absolute Gasteiger partial charge is 0.327 e. The van der Waals surface area contributed by atoms with Gasteiger partial charge in [-0.3, -0.25) is 4.68 Å². The lowest BCUT2D eigenvalue weighted by Gasteiger charge is -1.96. The van der Waals surface area contributed by atoms with Crippen LogP contribution < -0.4 is 5.73 Å². The second kappa shape index (κ2) is 3.34. The monoisotopic (exact) mass is 151 g/mol. The predicted octanol–water partition coefficient (Wildman–Crippen LogP) is 0.782. The summed E-state index contributed by atoms with van der Waals surface area (Å²) in [5, 5.41) is 4.04. The third-order valence-electron chi connectivity index (χ3n) is 1.58. The first-order valence-electron chi connectivity index (χ1n) is 3.59. The third kappa shape index (κ3) is 1.91. The van der Waals surface area contributed by atoms with Gasteiger partial charge in [0.15, 0.2) is 0 Å². The summed E-state index contributed by atoms with van der Waals surface area (Å²) in [6.07, 6.45) is 3.81. The Hall–Kier alpha value is -1.09. The van der Waals surface area contributed by atoms with E-state index in [2.05, 4.69) is 5.10 Å². The molecule has 0 bridgehead atoms. The van der Waals surface area contributed by atoms with Crippen molar-refractivity contribution in [3.05, 3.63) is 23.5 Å². The van der Waals surface area contributed by atoms with Crippen LogP contribution in [0.5, 0.6) is 0 Å². The summed E-state index contributed by atoms with van der Waals surface area (Å²) in [6, 6.07) is 1.96.